The molecule has 0 bridgehead atoms. The van der Waals surface area contributed by atoms with E-state index in [0.29, 0.717) is 42.1 Å². The summed E-state index contributed by atoms with van der Waals surface area (Å²) in [5.41, 5.74) is 2.46. The highest BCUT2D eigenvalue weighted by Gasteiger charge is 2.35. The van der Waals surface area contributed by atoms with Crippen molar-refractivity contribution in [3.63, 3.8) is 0 Å². The standard InChI is InChI=1S/C24H26N2O5/c1-3-30-24(29)17-7-5-9-26(13-17)14-18-19(27)10-15(2)21-22(28)20(31-23(18)21)11-16-6-4-8-25-12-16/h4,6,8,10-12,17,27H,3,5,7,9,13-14H2,1-2H3. The number of esters is 1. The minimum absolute atomic E-state index is 0.0879. The Balaban J connectivity index is 1.61. The van der Waals surface area contributed by atoms with Gasteiger partial charge in [-0.05, 0) is 62.6 Å². The quantitative estimate of drug-likeness (QED) is 0.583. The van der Waals surface area contributed by atoms with Gasteiger partial charge in [0, 0.05) is 25.5 Å². The Bertz CT molecular complexity index is 1030. The molecule has 7 nitrogen and oxygen atoms in total. The molecule has 1 N–H and O–H groups in total. The number of carbonyl (C=O) groups is 2. The van der Waals surface area contributed by atoms with Crippen LogP contribution in [0, 0.1) is 12.8 Å². The van der Waals surface area contributed by atoms with Crippen LogP contribution in [0.1, 0.15) is 46.8 Å². The molecule has 162 valence electrons. The number of allylic oxidation sites excluding steroid dienone is 1. The third-order valence-electron chi connectivity index (χ3n) is 5.71. The van der Waals surface area contributed by atoms with E-state index in [-0.39, 0.29) is 29.2 Å². The largest absolute Gasteiger partial charge is 0.507 e. The zero-order valence-corrected chi connectivity index (χ0v) is 17.8. The van der Waals surface area contributed by atoms with Gasteiger partial charge in [-0.15, -0.1) is 0 Å². The van der Waals surface area contributed by atoms with E-state index < -0.39 is 0 Å². The monoisotopic (exact) mass is 422 g/mol. The molecule has 1 aromatic carbocycles. The van der Waals surface area contributed by atoms with E-state index >= 15 is 0 Å². The summed E-state index contributed by atoms with van der Waals surface area (Å²) in [6.07, 6.45) is 6.63. The molecular formula is C24H26N2O5. The summed E-state index contributed by atoms with van der Waals surface area (Å²) < 4.78 is 11.2. The van der Waals surface area contributed by atoms with E-state index in [1.807, 2.05) is 6.07 Å². The first-order chi connectivity index (χ1) is 15.0. The van der Waals surface area contributed by atoms with Crippen molar-refractivity contribution in [1.82, 2.24) is 9.88 Å². The van der Waals surface area contributed by atoms with Gasteiger partial charge in [0.25, 0.3) is 0 Å². The molecule has 0 amide bonds. The number of fused-ring (bicyclic) bond motifs is 1. The number of piperidine rings is 1. The van der Waals surface area contributed by atoms with Crippen LogP contribution in [-0.2, 0) is 16.1 Å². The van der Waals surface area contributed by atoms with E-state index in [0.717, 1.165) is 24.9 Å². The molecule has 31 heavy (non-hydrogen) atoms. The first kappa shape index (κ1) is 21.1. The number of ketones is 1. The topological polar surface area (TPSA) is 89.0 Å². The number of hydrogen-bond donors (Lipinski definition) is 1. The van der Waals surface area contributed by atoms with Gasteiger partial charge in [0.1, 0.15) is 11.5 Å². The Kier molecular flexibility index (Phi) is 6.04. The van der Waals surface area contributed by atoms with E-state index in [1.54, 1.807) is 44.4 Å². The number of rotatable bonds is 5. The number of aromatic nitrogens is 1. The zero-order valence-electron chi connectivity index (χ0n) is 17.8. The molecule has 2 aromatic rings. The van der Waals surface area contributed by atoms with Gasteiger partial charge in [0.2, 0.25) is 5.78 Å². The van der Waals surface area contributed by atoms with Crippen LogP contribution in [0.5, 0.6) is 11.5 Å². The van der Waals surface area contributed by atoms with E-state index in [4.69, 9.17) is 9.47 Å². The second kappa shape index (κ2) is 8.89. The molecule has 2 aliphatic heterocycles. The van der Waals surface area contributed by atoms with Crippen molar-refractivity contribution in [2.75, 3.05) is 19.7 Å². The second-order valence-electron chi connectivity index (χ2n) is 7.95. The van der Waals surface area contributed by atoms with E-state index in [2.05, 4.69) is 9.88 Å². The molecule has 1 aromatic heterocycles. The highest BCUT2D eigenvalue weighted by atomic mass is 16.5. The van der Waals surface area contributed by atoms with Crippen LogP contribution in [0.15, 0.2) is 36.4 Å². The molecule has 0 saturated carbocycles. The third kappa shape index (κ3) is 4.32. The fourth-order valence-corrected chi connectivity index (χ4v) is 4.22. The smallest absolute Gasteiger partial charge is 0.310 e. The summed E-state index contributed by atoms with van der Waals surface area (Å²) in [5, 5.41) is 10.7. The Morgan fingerprint density at radius 2 is 2.29 bits per heavy atom. The van der Waals surface area contributed by atoms with Gasteiger partial charge in [-0.1, -0.05) is 6.07 Å². The molecule has 0 spiro atoms. The predicted octanol–water partition coefficient (Wildman–Crippen LogP) is 3.49. The summed E-state index contributed by atoms with van der Waals surface area (Å²) in [5.74, 6) is 0.124. The maximum absolute atomic E-state index is 13.0. The lowest BCUT2D eigenvalue weighted by Gasteiger charge is -2.31. The minimum Gasteiger partial charge on any atom is -0.507 e. The number of benzene rings is 1. The normalized spacial score (nSPS) is 19.9. The Hall–Kier alpha value is -3.19. The number of aromatic hydroxyl groups is 1. The molecule has 4 rings (SSSR count). The molecule has 1 unspecified atom stereocenters. The van der Waals surface area contributed by atoms with E-state index in [9.17, 15) is 14.7 Å². The van der Waals surface area contributed by atoms with Gasteiger partial charge in [0.15, 0.2) is 5.76 Å². The highest BCUT2D eigenvalue weighted by molar-refractivity contribution is 6.15. The van der Waals surface area contributed by atoms with Crippen LogP contribution in [0.25, 0.3) is 6.08 Å². The molecule has 3 heterocycles. The lowest BCUT2D eigenvalue weighted by molar-refractivity contribution is -0.150. The average molecular weight is 422 g/mol. The molecule has 7 heteroatoms. The molecule has 1 fully saturated rings. The van der Waals surface area contributed by atoms with Crippen LogP contribution >= 0.6 is 0 Å². The molecule has 1 saturated heterocycles. The molecule has 0 radical (unpaired) electrons. The first-order valence-corrected chi connectivity index (χ1v) is 10.6. The van der Waals surface area contributed by atoms with Crippen molar-refractivity contribution in [1.29, 1.82) is 0 Å². The molecule has 1 atom stereocenters. The highest BCUT2D eigenvalue weighted by Crippen LogP contribution is 2.42. The number of phenols is 1. The minimum atomic E-state index is -0.208. The van der Waals surface area contributed by atoms with Gasteiger partial charge in [0.05, 0.1) is 23.7 Å². The van der Waals surface area contributed by atoms with Crippen molar-refractivity contribution < 1.29 is 24.2 Å². The maximum atomic E-state index is 13.0. The number of phenolic OH excluding ortho intramolecular Hbond substituents is 1. The number of Topliss-reactive ketones (excluding diaryl/α,β-unsaturated/α-hetero) is 1. The molecular weight excluding hydrogens is 396 g/mol. The summed E-state index contributed by atoms with van der Waals surface area (Å²) >= 11 is 0. The number of likely N-dealkylation sites (tertiary alicyclic amines) is 1. The van der Waals surface area contributed by atoms with Crippen molar-refractivity contribution >= 4 is 17.8 Å². The van der Waals surface area contributed by atoms with Crippen molar-refractivity contribution in [3.05, 3.63) is 58.6 Å². The van der Waals surface area contributed by atoms with Gasteiger partial charge in [-0.2, -0.15) is 0 Å². The number of aryl methyl sites for hydroxylation is 1. The zero-order chi connectivity index (χ0) is 22.0. The fraction of sp³-hybridized carbons (Fsp3) is 0.375. The SMILES string of the molecule is CCOC(=O)C1CCCN(Cc2c(O)cc(C)c3c2OC(=Cc2cccnc2)C3=O)C1. The summed E-state index contributed by atoms with van der Waals surface area (Å²) in [6.45, 7) is 5.68. The summed E-state index contributed by atoms with van der Waals surface area (Å²) in [6, 6.07) is 5.24. The lowest BCUT2D eigenvalue weighted by Crippen LogP contribution is -2.39. The molecule has 2 aliphatic rings. The van der Waals surface area contributed by atoms with Crippen LogP contribution in [0.2, 0.25) is 0 Å². The van der Waals surface area contributed by atoms with Crippen molar-refractivity contribution in [3.8, 4) is 11.5 Å². The molecule has 0 aliphatic carbocycles. The van der Waals surface area contributed by atoms with Gasteiger partial charge in [-0.3, -0.25) is 19.5 Å². The van der Waals surface area contributed by atoms with E-state index in [1.165, 1.54) is 0 Å². The summed E-state index contributed by atoms with van der Waals surface area (Å²) in [4.78, 5) is 31.4. The number of hydrogen-bond acceptors (Lipinski definition) is 7. The van der Waals surface area contributed by atoms with Gasteiger partial charge >= 0.3 is 5.97 Å². The lowest BCUT2D eigenvalue weighted by atomic mass is 9.96. The Morgan fingerprint density at radius 3 is 3.03 bits per heavy atom. The van der Waals surface area contributed by atoms with Crippen LogP contribution in [0.4, 0.5) is 0 Å². The van der Waals surface area contributed by atoms with Gasteiger partial charge in [-0.25, -0.2) is 0 Å². The number of carbonyl (C=O) groups excluding carboxylic acids is 2. The Morgan fingerprint density at radius 1 is 1.45 bits per heavy atom. The van der Waals surface area contributed by atoms with Crippen LogP contribution < -0.4 is 4.74 Å². The van der Waals surface area contributed by atoms with Crippen LogP contribution in [-0.4, -0.2) is 46.4 Å². The third-order valence-corrected chi connectivity index (χ3v) is 5.71. The predicted molar refractivity (Wildman–Crippen MR) is 115 cm³/mol. The van der Waals surface area contributed by atoms with Crippen LogP contribution in [0.3, 0.4) is 0 Å². The second-order valence-corrected chi connectivity index (χ2v) is 7.95. The number of ether oxygens (including phenoxy) is 2. The fourth-order valence-electron chi connectivity index (χ4n) is 4.22. The Labute approximate surface area is 181 Å². The number of nitrogens with zero attached hydrogens (tertiary/aromatic N) is 2. The van der Waals surface area contributed by atoms with Crippen molar-refractivity contribution in [2.24, 2.45) is 5.92 Å². The first-order valence-electron chi connectivity index (χ1n) is 10.6. The summed E-state index contributed by atoms with van der Waals surface area (Å²) in [7, 11) is 0. The van der Waals surface area contributed by atoms with Crippen molar-refractivity contribution in [2.45, 2.75) is 33.2 Å². The van der Waals surface area contributed by atoms with Gasteiger partial charge < -0.3 is 14.6 Å². The average Bonchev–Trinajstić information content (AvgIpc) is 3.08. The number of pyridine rings is 1. The maximum Gasteiger partial charge on any atom is 0.310 e.